The zero-order valence-electron chi connectivity index (χ0n) is 32.9. The van der Waals surface area contributed by atoms with Gasteiger partial charge in [0.1, 0.15) is 11.5 Å². The molecule has 0 aromatic heterocycles. The topological polar surface area (TPSA) is 12.5 Å². The van der Waals surface area contributed by atoms with Crippen LogP contribution >= 0.6 is 0 Å². The summed E-state index contributed by atoms with van der Waals surface area (Å²) in [5, 5.41) is 2.35. The Hall–Kier alpha value is -7.94. The minimum Gasteiger partial charge on any atom is -0.456 e. The molecule has 1 aliphatic rings. The first-order valence-electron chi connectivity index (χ1n) is 20.5. The summed E-state index contributed by atoms with van der Waals surface area (Å²) in [6.07, 6.45) is 0. The van der Waals surface area contributed by atoms with Crippen molar-refractivity contribution in [3.8, 4) is 78.3 Å². The molecule has 2 heteroatoms. The average molecular weight is 766 g/mol. The number of hydrogen-bond donors (Lipinski definition) is 0. The van der Waals surface area contributed by atoms with Crippen molar-refractivity contribution in [3.05, 3.63) is 237 Å². The minimum absolute atomic E-state index is 0.855. The fourth-order valence-electron chi connectivity index (χ4n) is 8.68. The van der Waals surface area contributed by atoms with Crippen LogP contribution in [-0.4, -0.2) is 0 Å². The molecule has 10 aromatic rings. The van der Waals surface area contributed by atoms with Gasteiger partial charge in [-0.3, -0.25) is 0 Å². The Morgan fingerprint density at radius 2 is 0.750 bits per heavy atom. The molecule has 0 atom stereocenters. The van der Waals surface area contributed by atoms with Crippen molar-refractivity contribution in [3.63, 3.8) is 0 Å². The fraction of sp³-hybridized carbons (Fsp3) is 0. The highest BCUT2D eigenvalue weighted by Gasteiger charge is 2.24. The molecular weight excluding hydrogens is 727 g/mol. The maximum Gasteiger partial charge on any atom is 0.135 e. The molecule has 0 bridgehead atoms. The van der Waals surface area contributed by atoms with E-state index >= 15 is 0 Å². The third-order valence-electron chi connectivity index (χ3n) is 11.7. The van der Waals surface area contributed by atoms with Crippen molar-refractivity contribution in [2.75, 3.05) is 4.90 Å². The van der Waals surface area contributed by atoms with E-state index in [4.69, 9.17) is 4.74 Å². The van der Waals surface area contributed by atoms with Gasteiger partial charge in [-0.15, -0.1) is 0 Å². The zero-order chi connectivity index (χ0) is 39.8. The molecule has 1 heterocycles. The Morgan fingerprint density at radius 1 is 0.267 bits per heavy atom. The Balaban J connectivity index is 1.04. The second-order valence-electron chi connectivity index (χ2n) is 15.3. The Labute approximate surface area is 350 Å². The molecule has 0 saturated heterocycles. The largest absolute Gasteiger partial charge is 0.456 e. The van der Waals surface area contributed by atoms with Crippen LogP contribution in [0.5, 0.6) is 11.5 Å². The molecule has 1 aliphatic heterocycles. The van der Waals surface area contributed by atoms with Crippen LogP contribution in [0.4, 0.5) is 17.1 Å². The lowest BCUT2D eigenvalue weighted by atomic mass is 9.88. The molecule has 0 saturated carbocycles. The molecule has 0 aliphatic carbocycles. The fourth-order valence-corrected chi connectivity index (χ4v) is 8.68. The van der Waals surface area contributed by atoms with Crippen molar-refractivity contribution in [1.82, 2.24) is 0 Å². The van der Waals surface area contributed by atoms with E-state index in [1.807, 2.05) is 0 Å². The molecule has 0 N–H and O–H groups in total. The van der Waals surface area contributed by atoms with Crippen LogP contribution in [0, 0.1) is 0 Å². The number of ether oxygens (including phenoxy) is 1. The lowest BCUT2D eigenvalue weighted by Crippen LogP contribution is -2.10. The maximum atomic E-state index is 6.92. The molecule has 2 nitrogen and oxygen atoms in total. The van der Waals surface area contributed by atoms with Crippen LogP contribution in [0.2, 0.25) is 0 Å². The molecule has 60 heavy (non-hydrogen) atoms. The number of rotatable bonds is 7. The Morgan fingerprint density at radius 3 is 1.38 bits per heavy atom. The Bertz CT molecular complexity index is 3050. The molecule has 10 aromatic carbocycles. The summed E-state index contributed by atoms with van der Waals surface area (Å²) in [4.78, 5) is 2.35. The van der Waals surface area contributed by atoms with E-state index in [2.05, 4.69) is 241 Å². The molecule has 0 radical (unpaired) electrons. The smallest absolute Gasteiger partial charge is 0.135 e. The molecule has 282 valence electrons. The van der Waals surface area contributed by atoms with E-state index in [9.17, 15) is 0 Å². The molecular formula is C58H39NO. The monoisotopic (exact) mass is 765 g/mol. The van der Waals surface area contributed by atoms with Gasteiger partial charge in [-0.05, 0) is 127 Å². The minimum atomic E-state index is 0.855. The van der Waals surface area contributed by atoms with Gasteiger partial charge in [0, 0.05) is 28.2 Å². The Kier molecular flexibility index (Phi) is 8.87. The highest BCUT2D eigenvalue weighted by atomic mass is 16.5. The van der Waals surface area contributed by atoms with E-state index in [-0.39, 0.29) is 0 Å². The molecule has 0 amide bonds. The zero-order valence-corrected chi connectivity index (χ0v) is 32.9. The number of anilines is 3. The van der Waals surface area contributed by atoms with Crippen molar-refractivity contribution >= 4 is 27.8 Å². The maximum absolute atomic E-state index is 6.92. The SMILES string of the molecule is c1ccc(-c2ccc(N(c3ccc(-c4ccccc4)cc3)c3cccc(-c4ccc5c(c4)-c4c(ccc6ccccc46)Oc4cc(-c6ccccc6)ccc4-5)c3)cc2)cc1. The van der Waals surface area contributed by atoms with Gasteiger partial charge in [0.25, 0.3) is 0 Å². The van der Waals surface area contributed by atoms with Crippen molar-refractivity contribution < 1.29 is 4.74 Å². The van der Waals surface area contributed by atoms with Gasteiger partial charge in [0.15, 0.2) is 0 Å². The third-order valence-corrected chi connectivity index (χ3v) is 11.7. The predicted octanol–water partition coefficient (Wildman–Crippen LogP) is 16.4. The van der Waals surface area contributed by atoms with Crippen molar-refractivity contribution in [2.24, 2.45) is 0 Å². The molecule has 11 rings (SSSR count). The van der Waals surface area contributed by atoms with Gasteiger partial charge in [-0.1, -0.05) is 176 Å². The normalized spacial score (nSPS) is 11.5. The summed E-state index contributed by atoms with van der Waals surface area (Å²) in [6.45, 7) is 0. The van der Waals surface area contributed by atoms with Gasteiger partial charge in [0.05, 0.1) is 0 Å². The van der Waals surface area contributed by atoms with Crippen LogP contribution in [0.25, 0.3) is 77.5 Å². The lowest BCUT2D eigenvalue weighted by Gasteiger charge is -2.26. The summed E-state index contributed by atoms with van der Waals surface area (Å²) < 4.78 is 6.92. The van der Waals surface area contributed by atoms with Gasteiger partial charge in [-0.25, -0.2) is 0 Å². The van der Waals surface area contributed by atoms with Crippen LogP contribution in [0.3, 0.4) is 0 Å². The molecule has 0 fully saturated rings. The van der Waals surface area contributed by atoms with E-state index in [0.29, 0.717) is 0 Å². The second-order valence-corrected chi connectivity index (χ2v) is 15.3. The predicted molar refractivity (Wildman–Crippen MR) is 251 cm³/mol. The van der Waals surface area contributed by atoms with Crippen LogP contribution in [-0.2, 0) is 0 Å². The third kappa shape index (κ3) is 6.51. The summed E-state index contributed by atoms with van der Waals surface area (Å²) in [7, 11) is 0. The van der Waals surface area contributed by atoms with Gasteiger partial charge >= 0.3 is 0 Å². The van der Waals surface area contributed by atoms with Gasteiger partial charge in [-0.2, -0.15) is 0 Å². The number of hydrogen-bond acceptors (Lipinski definition) is 2. The number of benzene rings is 10. The summed E-state index contributed by atoms with van der Waals surface area (Å²) in [6, 6.07) is 84.8. The van der Waals surface area contributed by atoms with E-state index in [0.717, 1.165) is 73.1 Å². The molecule has 0 spiro atoms. The lowest BCUT2D eigenvalue weighted by molar-refractivity contribution is 0.488. The van der Waals surface area contributed by atoms with E-state index in [1.54, 1.807) is 0 Å². The van der Waals surface area contributed by atoms with Crippen LogP contribution in [0.15, 0.2) is 237 Å². The average Bonchev–Trinajstić information content (AvgIpc) is 3.47. The standard InChI is InChI=1S/C58H39NO/c1-4-13-40(14-5-1)43-23-30-49(31-24-43)59(50-32-25-44(26-33-50)41-15-6-2-7-16-41)51-21-12-20-46(37-51)47-27-34-53-54-35-28-48(42-17-8-3-9-18-42)39-57(54)60-56-36-29-45-19-10-11-22-52(45)58(56)55(53)38-47/h1-39H. The highest BCUT2D eigenvalue weighted by molar-refractivity contribution is 6.06. The van der Waals surface area contributed by atoms with Gasteiger partial charge in [0.2, 0.25) is 0 Å². The first kappa shape index (κ1) is 35.2. The van der Waals surface area contributed by atoms with E-state index < -0.39 is 0 Å². The van der Waals surface area contributed by atoms with E-state index in [1.165, 1.54) is 33.0 Å². The summed E-state index contributed by atoms with van der Waals surface area (Å²) >= 11 is 0. The van der Waals surface area contributed by atoms with Crippen molar-refractivity contribution in [2.45, 2.75) is 0 Å². The number of fused-ring (bicyclic) bond motifs is 7. The molecule has 0 unspecified atom stereocenters. The quantitative estimate of drug-likeness (QED) is 0.160. The van der Waals surface area contributed by atoms with Gasteiger partial charge < -0.3 is 9.64 Å². The first-order chi connectivity index (χ1) is 29.7. The van der Waals surface area contributed by atoms with Crippen LogP contribution in [0.1, 0.15) is 0 Å². The second kappa shape index (κ2) is 15.1. The van der Waals surface area contributed by atoms with Crippen LogP contribution < -0.4 is 9.64 Å². The summed E-state index contributed by atoms with van der Waals surface area (Å²) in [5.41, 5.74) is 17.1. The first-order valence-corrected chi connectivity index (χ1v) is 20.5. The highest BCUT2D eigenvalue weighted by Crippen LogP contribution is 2.51. The number of nitrogens with zero attached hydrogens (tertiary/aromatic N) is 1. The summed E-state index contributed by atoms with van der Waals surface area (Å²) in [5.74, 6) is 1.71. The van der Waals surface area contributed by atoms with Crippen molar-refractivity contribution in [1.29, 1.82) is 0 Å².